The zero-order chi connectivity index (χ0) is 16.3. The molecule has 2 aromatic carbocycles. The number of non-ortho nitro benzene ring substituents is 1. The van der Waals surface area contributed by atoms with Crippen molar-refractivity contribution in [2.75, 3.05) is 0 Å². The maximum atomic E-state index is 10.7. The number of rotatable bonds is 5. The van der Waals surface area contributed by atoms with Crippen molar-refractivity contribution in [1.82, 2.24) is 0 Å². The summed E-state index contributed by atoms with van der Waals surface area (Å²) in [6.07, 6.45) is 0. The number of halogens is 2. The van der Waals surface area contributed by atoms with E-state index in [1.165, 1.54) is 45.9 Å². The molecule has 10 heteroatoms. The molecule has 0 heterocycles. The molecule has 0 aliphatic heterocycles. The lowest BCUT2D eigenvalue weighted by Crippen LogP contribution is -1.90. The molecule has 0 unspecified atom stereocenters. The minimum absolute atomic E-state index is 0.00534. The zero-order valence-electron chi connectivity index (χ0n) is 10.6. The number of nitrogens with zero attached hydrogens (tertiary/aromatic N) is 2. The van der Waals surface area contributed by atoms with Crippen molar-refractivity contribution in [2.24, 2.45) is 0 Å². The second kappa shape index (κ2) is 7.19. The molecule has 0 radical (unpaired) electrons. The molecule has 22 heavy (non-hydrogen) atoms. The minimum Gasteiger partial charge on any atom is -0.258 e. The Bertz CT molecular complexity index is 741. The van der Waals surface area contributed by atoms with Gasteiger partial charge in [0.15, 0.2) is 0 Å². The van der Waals surface area contributed by atoms with Crippen molar-refractivity contribution in [3.05, 3.63) is 66.7 Å². The van der Waals surface area contributed by atoms with Crippen LogP contribution < -0.4 is 0 Å². The molecular weight excluding hydrogens is 371 g/mol. The summed E-state index contributed by atoms with van der Waals surface area (Å²) in [6.45, 7) is 0. The third-order valence-electron chi connectivity index (χ3n) is 2.50. The van der Waals surface area contributed by atoms with E-state index in [2.05, 4.69) is 0 Å². The molecule has 0 spiro atoms. The maximum absolute atomic E-state index is 10.7. The fourth-order valence-electron chi connectivity index (χ4n) is 1.44. The summed E-state index contributed by atoms with van der Waals surface area (Å²) in [5.74, 6) is 0. The van der Waals surface area contributed by atoms with Crippen LogP contribution >= 0.6 is 44.8 Å². The highest BCUT2D eigenvalue weighted by Crippen LogP contribution is 2.45. The third kappa shape index (κ3) is 3.83. The van der Waals surface area contributed by atoms with E-state index in [9.17, 15) is 20.2 Å². The van der Waals surface area contributed by atoms with Crippen LogP contribution in [0.2, 0.25) is 10.0 Å². The summed E-state index contributed by atoms with van der Waals surface area (Å²) < 4.78 is 0. The predicted molar refractivity (Wildman–Crippen MR) is 87.9 cm³/mol. The van der Waals surface area contributed by atoms with E-state index >= 15 is 0 Å². The van der Waals surface area contributed by atoms with Crippen LogP contribution in [0.3, 0.4) is 0 Å². The Morgan fingerprint density at radius 1 is 0.818 bits per heavy atom. The first kappa shape index (κ1) is 16.9. The van der Waals surface area contributed by atoms with Gasteiger partial charge in [0.25, 0.3) is 11.4 Å². The Morgan fingerprint density at radius 2 is 1.45 bits per heavy atom. The first-order chi connectivity index (χ1) is 10.4. The van der Waals surface area contributed by atoms with Gasteiger partial charge in [-0.25, -0.2) is 0 Å². The van der Waals surface area contributed by atoms with E-state index in [0.29, 0.717) is 4.90 Å². The number of nitro benzene ring substituents is 2. The standard InChI is InChI=1S/C12H6Cl2N2O4S2/c13-11-9(16(19)20)5-6-10(12(11)14)22-21-8-3-1-7(2-4-8)15(17)18/h1-6H. The van der Waals surface area contributed by atoms with Crippen molar-refractivity contribution in [3.63, 3.8) is 0 Å². The molecule has 0 fully saturated rings. The minimum atomic E-state index is -0.605. The SMILES string of the molecule is O=[N+]([O-])c1ccc(SSc2ccc([N+](=O)[O-])c(Cl)c2Cl)cc1. The lowest BCUT2D eigenvalue weighted by Gasteiger charge is -2.05. The molecule has 0 bridgehead atoms. The van der Waals surface area contributed by atoms with Crippen molar-refractivity contribution >= 4 is 56.2 Å². The molecule has 0 atom stereocenters. The lowest BCUT2D eigenvalue weighted by atomic mass is 10.3. The van der Waals surface area contributed by atoms with E-state index in [-0.39, 0.29) is 21.4 Å². The van der Waals surface area contributed by atoms with Crippen LogP contribution in [0.4, 0.5) is 11.4 Å². The van der Waals surface area contributed by atoms with Gasteiger partial charge in [-0.15, -0.1) is 0 Å². The molecular formula is C12H6Cl2N2O4S2. The fraction of sp³-hybridized carbons (Fsp3) is 0. The summed E-state index contributed by atoms with van der Waals surface area (Å²) in [4.78, 5) is 21.6. The molecule has 0 aromatic heterocycles. The van der Waals surface area contributed by atoms with Gasteiger partial charge < -0.3 is 0 Å². The number of benzene rings is 2. The van der Waals surface area contributed by atoms with Gasteiger partial charge >= 0.3 is 0 Å². The van der Waals surface area contributed by atoms with E-state index in [0.717, 1.165) is 4.90 Å². The van der Waals surface area contributed by atoms with Crippen molar-refractivity contribution in [3.8, 4) is 0 Å². The second-order valence-electron chi connectivity index (χ2n) is 3.89. The average molecular weight is 377 g/mol. The van der Waals surface area contributed by atoms with Crippen LogP contribution in [0.25, 0.3) is 0 Å². The Balaban J connectivity index is 2.13. The van der Waals surface area contributed by atoms with Gasteiger partial charge in [-0.05, 0) is 18.2 Å². The molecule has 2 aromatic rings. The average Bonchev–Trinajstić information content (AvgIpc) is 2.48. The Kier molecular flexibility index (Phi) is 5.52. The van der Waals surface area contributed by atoms with Crippen LogP contribution in [0.15, 0.2) is 46.2 Å². The largest absolute Gasteiger partial charge is 0.289 e. The van der Waals surface area contributed by atoms with Crippen molar-refractivity contribution in [1.29, 1.82) is 0 Å². The molecule has 6 nitrogen and oxygen atoms in total. The normalized spacial score (nSPS) is 10.5. The van der Waals surface area contributed by atoms with Gasteiger partial charge in [0.1, 0.15) is 5.02 Å². The third-order valence-corrected chi connectivity index (χ3v) is 5.92. The van der Waals surface area contributed by atoms with E-state index < -0.39 is 9.85 Å². The Morgan fingerprint density at radius 3 is 2.00 bits per heavy atom. The van der Waals surface area contributed by atoms with E-state index in [4.69, 9.17) is 23.2 Å². The molecule has 0 saturated heterocycles. The topological polar surface area (TPSA) is 86.3 Å². The summed E-state index contributed by atoms with van der Waals surface area (Å²) in [7, 11) is 2.57. The Hall–Kier alpha value is -1.48. The number of nitro groups is 2. The summed E-state index contributed by atoms with van der Waals surface area (Å²) >= 11 is 11.9. The predicted octanol–water partition coefficient (Wildman–Crippen LogP) is 5.61. The first-order valence-corrected chi connectivity index (χ1v) is 8.52. The molecule has 0 saturated carbocycles. The highest BCUT2D eigenvalue weighted by molar-refractivity contribution is 8.76. The molecule has 0 aliphatic rings. The van der Waals surface area contributed by atoms with Crippen molar-refractivity contribution < 1.29 is 9.85 Å². The van der Waals surface area contributed by atoms with Gasteiger partial charge in [0.05, 0.1) is 14.9 Å². The molecule has 114 valence electrons. The van der Waals surface area contributed by atoms with Crippen LogP contribution in [0.5, 0.6) is 0 Å². The van der Waals surface area contributed by atoms with Crippen LogP contribution in [0, 0.1) is 20.2 Å². The molecule has 2 rings (SSSR count). The number of hydrogen-bond donors (Lipinski definition) is 0. The lowest BCUT2D eigenvalue weighted by molar-refractivity contribution is -0.385. The van der Waals surface area contributed by atoms with Gasteiger partial charge in [-0.2, -0.15) is 0 Å². The highest BCUT2D eigenvalue weighted by atomic mass is 35.5. The Labute approximate surface area is 142 Å². The summed E-state index contributed by atoms with van der Waals surface area (Å²) in [5.41, 5.74) is -0.248. The highest BCUT2D eigenvalue weighted by Gasteiger charge is 2.18. The van der Waals surface area contributed by atoms with Crippen LogP contribution in [0.1, 0.15) is 0 Å². The van der Waals surface area contributed by atoms with Gasteiger partial charge in [0, 0.05) is 28.0 Å². The van der Waals surface area contributed by atoms with E-state index in [1.807, 2.05) is 0 Å². The van der Waals surface area contributed by atoms with Gasteiger partial charge in [0.2, 0.25) is 0 Å². The first-order valence-electron chi connectivity index (χ1n) is 5.61. The molecule has 0 N–H and O–H groups in total. The zero-order valence-corrected chi connectivity index (χ0v) is 13.7. The molecule has 0 amide bonds. The smallest absolute Gasteiger partial charge is 0.258 e. The molecule has 0 aliphatic carbocycles. The number of hydrogen-bond acceptors (Lipinski definition) is 6. The second-order valence-corrected chi connectivity index (χ2v) is 6.89. The van der Waals surface area contributed by atoms with Gasteiger partial charge in [-0.1, -0.05) is 44.8 Å². The quantitative estimate of drug-likeness (QED) is 0.382. The van der Waals surface area contributed by atoms with Crippen LogP contribution in [-0.4, -0.2) is 9.85 Å². The summed E-state index contributed by atoms with van der Waals surface area (Å²) in [6, 6.07) is 8.80. The van der Waals surface area contributed by atoms with Gasteiger partial charge in [-0.3, -0.25) is 20.2 Å². The van der Waals surface area contributed by atoms with E-state index in [1.54, 1.807) is 12.1 Å². The fourth-order valence-corrected chi connectivity index (χ4v) is 4.19. The summed E-state index contributed by atoms with van der Waals surface area (Å²) in [5, 5.41) is 21.3. The monoisotopic (exact) mass is 376 g/mol. The van der Waals surface area contributed by atoms with Crippen molar-refractivity contribution in [2.45, 2.75) is 9.79 Å². The maximum Gasteiger partial charge on any atom is 0.289 e. The van der Waals surface area contributed by atoms with Crippen LogP contribution in [-0.2, 0) is 0 Å².